The molecule has 3 aromatic carbocycles. The fraction of sp³-hybridized carbons (Fsp3) is 0.0800. The number of methoxy groups -OCH3 is 1. The highest BCUT2D eigenvalue weighted by Crippen LogP contribution is 2.35. The Bertz CT molecular complexity index is 1440. The number of urea groups is 1. The summed E-state index contributed by atoms with van der Waals surface area (Å²) in [5.74, 6) is -0.844. The van der Waals surface area contributed by atoms with Gasteiger partial charge in [0.15, 0.2) is 11.5 Å². The predicted molar refractivity (Wildman–Crippen MR) is 146 cm³/mol. The number of halogens is 2. The van der Waals surface area contributed by atoms with Crippen molar-refractivity contribution in [2.45, 2.75) is 6.61 Å². The fourth-order valence-electron chi connectivity index (χ4n) is 3.48. The molecule has 0 unspecified atom stereocenters. The minimum Gasteiger partial charge on any atom is -0.493 e. The summed E-state index contributed by atoms with van der Waals surface area (Å²) in [6.07, 6.45) is 1.34. The van der Waals surface area contributed by atoms with Crippen molar-refractivity contribution in [1.29, 1.82) is 0 Å². The number of rotatable bonds is 7. The maximum Gasteiger partial charge on any atom is 0.335 e. The van der Waals surface area contributed by atoms with Crippen LogP contribution in [0.5, 0.6) is 11.5 Å². The Labute approximate surface area is 232 Å². The number of hydrogen-bond acceptors (Lipinski definition) is 7. The van der Waals surface area contributed by atoms with Gasteiger partial charge in [-0.25, -0.2) is 9.69 Å². The quantitative estimate of drug-likeness (QED) is 0.119. The van der Waals surface area contributed by atoms with Crippen molar-refractivity contribution in [2.24, 2.45) is 0 Å². The van der Waals surface area contributed by atoms with Crippen LogP contribution >= 0.6 is 38.5 Å². The minimum atomic E-state index is -0.954. The number of amides is 4. The summed E-state index contributed by atoms with van der Waals surface area (Å²) in [5, 5.41) is 13.0. The first kappa shape index (κ1) is 26.3. The fourth-order valence-corrected chi connectivity index (χ4v) is 4.53. The maximum absolute atomic E-state index is 13.1. The van der Waals surface area contributed by atoms with E-state index in [-0.39, 0.29) is 16.9 Å². The van der Waals surface area contributed by atoms with Gasteiger partial charge in [-0.15, -0.1) is 0 Å². The Morgan fingerprint density at radius 2 is 1.76 bits per heavy atom. The lowest BCUT2D eigenvalue weighted by molar-refractivity contribution is -0.384. The van der Waals surface area contributed by atoms with Crippen LogP contribution in [0.2, 0.25) is 0 Å². The van der Waals surface area contributed by atoms with E-state index < -0.39 is 22.8 Å². The van der Waals surface area contributed by atoms with Gasteiger partial charge in [0.05, 0.1) is 21.3 Å². The summed E-state index contributed by atoms with van der Waals surface area (Å²) in [5.41, 5.74) is 1.00. The lowest BCUT2D eigenvalue weighted by Gasteiger charge is -2.26. The third-order valence-electron chi connectivity index (χ3n) is 5.28. The molecule has 12 heteroatoms. The van der Waals surface area contributed by atoms with Crippen LogP contribution in [-0.4, -0.2) is 29.9 Å². The van der Waals surface area contributed by atoms with Crippen LogP contribution in [0.1, 0.15) is 11.1 Å². The van der Waals surface area contributed by atoms with Crippen LogP contribution in [0.4, 0.5) is 16.2 Å². The van der Waals surface area contributed by atoms with Crippen LogP contribution in [0.25, 0.3) is 6.08 Å². The Balaban J connectivity index is 1.62. The van der Waals surface area contributed by atoms with E-state index >= 15 is 0 Å². The number of nitro groups is 1. The third kappa shape index (κ3) is 5.80. The maximum atomic E-state index is 13.1. The summed E-state index contributed by atoms with van der Waals surface area (Å²) >= 11 is 5.46. The largest absolute Gasteiger partial charge is 0.493 e. The van der Waals surface area contributed by atoms with E-state index in [2.05, 4.69) is 43.8 Å². The van der Waals surface area contributed by atoms with Crippen LogP contribution in [0.15, 0.2) is 70.7 Å². The second-order valence-corrected chi connectivity index (χ2v) is 9.76. The monoisotopic (exact) mass is 677 g/mol. The van der Waals surface area contributed by atoms with Crippen LogP contribution < -0.4 is 19.7 Å². The first-order valence-electron chi connectivity index (χ1n) is 10.6. The standard InChI is InChI=1S/C25H17BrIN3O7/c1-36-21-12-15(11-20(27)22(21)37-13-14-2-4-16(26)5-3-14)10-19-23(31)28-25(33)29(24(19)32)17-6-8-18(9-7-17)30(34)35/h2-12H,13H2,1H3,(H,28,31,33)/b19-10+. The molecule has 1 aliphatic heterocycles. The molecule has 4 rings (SSSR count). The van der Waals surface area contributed by atoms with Crippen molar-refractivity contribution < 1.29 is 28.8 Å². The van der Waals surface area contributed by atoms with Gasteiger partial charge in [-0.05, 0) is 76.2 Å². The topological polar surface area (TPSA) is 128 Å². The van der Waals surface area contributed by atoms with Crippen LogP contribution in [-0.2, 0) is 16.2 Å². The van der Waals surface area contributed by atoms with Gasteiger partial charge in [-0.2, -0.15) is 0 Å². The molecule has 1 heterocycles. The molecular weight excluding hydrogens is 661 g/mol. The number of imide groups is 2. The molecule has 0 spiro atoms. The molecule has 0 bridgehead atoms. The number of carbonyl (C=O) groups is 3. The second kappa shape index (κ2) is 11.1. The molecule has 0 aromatic heterocycles. The van der Waals surface area contributed by atoms with Gasteiger partial charge in [0, 0.05) is 16.6 Å². The number of anilines is 1. The lowest BCUT2D eigenvalue weighted by atomic mass is 10.1. The summed E-state index contributed by atoms with van der Waals surface area (Å²) < 4.78 is 13.1. The van der Waals surface area contributed by atoms with Crippen LogP contribution in [0.3, 0.4) is 0 Å². The molecule has 188 valence electrons. The van der Waals surface area contributed by atoms with E-state index in [0.29, 0.717) is 27.2 Å². The number of barbiturate groups is 1. The van der Waals surface area contributed by atoms with E-state index in [1.165, 1.54) is 25.3 Å². The first-order valence-corrected chi connectivity index (χ1v) is 12.5. The van der Waals surface area contributed by atoms with Gasteiger partial charge in [-0.3, -0.25) is 25.0 Å². The third-order valence-corrected chi connectivity index (χ3v) is 6.61. The summed E-state index contributed by atoms with van der Waals surface area (Å²) in [7, 11) is 1.47. The summed E-state index contributed by atoms with van der Waals surface area (Å²) in [4.78, 5) is 49.1. The predicted octanol–water partition coefficient (Wildman–Crippen LogP) is 5.22. The molecule has 0 aliphatic carbocycles. The van der Waals surface area contributed by atoms with Crippen molar-refractivity contribution >= 4 is 73.8 Å². The first-order chi connectivity index (χ1) is 17.7. The summed E-state index contributed by atoms with van der Waals surface area (Å²) in [6, 6.07) is 14.9. The van der Waals surface area contributed by atoms with Gasteiger partial charge >= 0.3 is 6.03 Å². The SMILES string of the molecule is COc1cc(/C=C2\C(=O)NC(=O)N(c3ccc([N+](=O)[O-])cc3)C2=O)cc(I)c1OCc1ccc(Br)cc1. The molecule has 3 aromatic rings. The molecule has 1 N–H and O–H groups in total. The van der Waals surface area contributed by atoms with E-state index in [4.69, 9.17) is 9.47 Å². The number of nitro benzene ring substituents is 1. The molecule has 1 fully saturated rings. The average molecular weight is 678 g/mol. The molecule has 0 saturated carbocycles. The smallest absolute Gasteiger partial charge is 0.335 e. The Kier molecular flexibility index (Phi) is 7.88. The van der Waals surface area contributed by atoms with Crippen molar-refractivity contribution in [1.82, 2.24) is 5.32 Å². The van der Waals surface area contributed by atoms with Crippen molar-refractivity contribution in [3.05, 3.63) is 95.5 Å². The lowest BCUT2D eigenvalue weighted by Crippen LogP contribution is -2.54. The van der Waals surface area contributed by atoms with E-state index in [1.807, 2.05) is 24.3 Å². The Hall–Kier alpha value is -3.78. The van der Waals surface area contributed by atoms with Crippen molar-refractivity contribution in [3.63, 3.8) is 0 Å². The number of benzene rings is 3. The van der Waals surface area contributed by atoms with Gasteiger partial charge in [0.1, 0.15) is 12.2 Å². The number of ether oxygens (including phenoxy) is 2. The molecular formula is C25H17BrIN3O7. The average Bonchev–Trinajstić information content (AvgIpc) is 2.86. The molecule has 4 amide bonds. The van der Waals surface area contributed by atoms with Gasteiger partial charge < -0.3 is 9.47 Å². The number of carbonyl (C=O) groups excluding carboxylic acids is 3. The zero-order valence-corrected chi connectivity index (χ0v) is 22.8. The zero-order chi connectivity index (χ0) is 26.7. The number of non-ortho nitro benzene ring substituents is 1. The number of nitrogens with one attached hydrogen (secondary N) is 1. The normalized spacial score (nSPS) is 14.5. The Morgan fingerprint density at radius 1 is 1.08 bits per heavy atom. The van der Waals surface area contributed by atoms with Gasteiger partial charge in [0.2, 0.25) is 0 Å². The van der Waals surface area contributed by atoms with E-state index in [9.17, 15) is 24.5 Å². The molecule has 0 radical (unpaired) electrons. The van der Waals surface area contributed by atoms with Crippen molar-refractivity contribution in [2.75, 3.05) is 12.0 Å². The highest BCUT2D eigenvalue weighted by molar-refractivity contribution is 14.1. The number of nitrogens with zero attached hydrogens (tertiary/aromatic N) is 2. The Morgan fingerprint density at radius 3 is 2.38 bits per heavy atom. The highest BCUT2D eigenvalue weighted by Gasteiger charge is 2.37. The van der Waals surface area contributed by atoms with E-state index in [1.54, 1.807) is 12.1 Å². The van der Waals surface area contributed by atoms with Gasteiger partial charge in [0.25, 0.3) is 17.5 Å². The van der Waals surface area contributed by atoms with Gasteiger partial charge in [-0.1, -0.05) is 28.1 Å². The molecule has 37 heavy (non-hydrogen) atoms. The number of hydrogen-bond donors (Lipinski definition) is 1. The second-order valence-electron chi connectivity index (χ2n) is 7.68. The molecule has 10 nitrogen and oxygen atoms in total. The molecule has 1 saturated heterocycles. The van der Waals surface area contributed by atoms with Crippen molar-refractivity contribution in [3.8, 4) is 11.5 Å². The summed E-state index contributed by atoms with van der Waals surface area (Å²) in [6.45, 7) is 0.299. The van der Waals surface area contributed by atoms with Crippen LogP contribution in [0, 0.1) is 13.7 Å². The molecule has 1 aliphatic rings. The highest BCUT2D eigenvalue weighted by atomic mass is 127. The molecule has 0 atom stereocenters. The van der Waals surface area contributed by atoms with E-state index in [0.717, 1.165) is 27.1 Å². The minimum absolute atomic E-state index is 0.0790. The zero-order valence-electron chi connectivity index (χ0n) is 19.1.